The van der Waals surface area contributed by atoms with Gasteiger partial charge in [-0.3, -0.25) is 0 Å². The maximum absolute atomic E-state index is 13.3. The van der Waals surface area contributed by atoms with Crippen LogP contribution >= 0.6 is 0 Å². The Morgan fingerprint density at radius 2 is 2.11 bits per heavy atom. The van der Waals surface area contributed by atoms with Gasteiger partial charge in [-0.1, -0.05) is 12.2 Å². The standard InChI is InChI=1S/C21H23FN4O/c1-14-8-19-16(11-25-20(19)24-10-14)7-5-4-6-15(2)23-12-17-9-18(22)13-26-21(17)27-3/h4-6,8-11,13,23H,7,12H2,1-3H3,(H,24,25)/b5-4+,15-6+. The van der Waals surface area contributed by atoms with Crippen molar-refractivity contribution in [1.29, 1.82) is 0 Å². The highest BCUT2D eigenvalue weighted by molar-refractivity contribution is 5.80. The fourth-order valence-corrected chi connectivity index (χ4v) is 2.81. The van der Waals surface area contributed by atoms with Crippen LogP contribution in [-0.2, 0) is 13.0 Å². The Hall–Kier alpha value is -3.15. The van der Waals surface area contributed by atoms with E-state index in [2.05, 4.69) is 32.4 Å². The molecule has 0 radical (unpaired) electrons. The van der Waals surface area contributed by atoms with Gasteiger partial charge in [0.05, 0.1) is 13.3 Å². The van der Waals surface area contributed by atoms with Crippen molar-refractivity contribution < 1.29 is 9.13 Å². The minimum Gasteiger partial charge on any atom is -0.481 e. The number of nitrogens with zero attached hydrogens (tertiary/aromatic N) is 2. The molecule has 0 aliphatic carbocycles. The molecule has 6 heteroatoms. The Morgan fingerprint density at radius 3 is 2.93 bits per heavy atom. The number of aryl methyl sites for hydroxylation is 1. The van der Waals surface area contributed by atoms with E-state index in [9.17, 15) is 4.39 Å². The van der Waals surface area contributed by atoms with Gasteiger partial charge in [-0.15, -0.1) is 0 Å². The van der Waals surface area contributed by atoms with E-state index in [1.54, 1.807) is 0 Å². The lowest BCUT2D eigenvalue weighted by molar-refractivity contribution is 0.389. The van der Waals surface area contributed by atoms with E-state index in [1.807, 2.05) is 38.4 Å². The number of aromatic amines is 1. The molecule has 0 fully saturated rings. The first-order chi connectivity index (χ1) is 13.1. The van der Waals surface area contributed by atoms with Crippen LogP contribution in [0, 0.1) is 12.7 Å². The molecule has 140 valence electrons. The molecule has 0 atom stereocenters. The zero-order valence-corrected chi connectivity index (χ0v) is 15.7. The Kier molecular flexibility index (Phi) is 5.86. The number of allylic oxidation sites excluding steroid dienone is 4. The summed E-state index contributed by atoms with van der Waals surface area (Å²) in [7, 11) is 1.52. The summed E-state index contributed by atoms with van der Waals surface area (Å²) in [6, 6.07) is 3.57. The molecule has 0 aromatic carbocycles. The quantitative estimate of drug-likeness (QED) is 0.615. The van der Waals surface area contributed by atoms with Gasteiger partial charge in [-0.25, -0.2) is 14.4 Å². The molecule has 3 aromatic heterocycles. The zero-order valence-electron chi connectivity index (χ0n) is 15.7. The molecule has 0 aliphatic heterocycles. The number of aromatic nitrogens is 3. The summed E-state index contributed by atoms with van der Waals surface area (Å²) < 4.78 is 18.5. The molecule has 3 heterocycles. The van der Waals surface area contributed by atoms with Crippen LogP contribution in [0.15, 0.2) is 54.6 Å². The van der Waals surface area contributed by atoms with Crippen molar-refractivity contribution in [3.8, 4) is 5.88 Å². The Labute approximate surface area is 158 Å². The predicted octanol–water partition coefficient (Wildman–Crippen LogP) is 4.21. The van der Waals surface area contributed by atoms with Crippen LogP contribution in [0.5, 0.6) is 5.88 Å². The second-order valence-corrected chi connectivity index (χ2v) is 6.38. The topological polar surface area (TPSA) is 62.8 Å². The van der Waals surface area contributed by atoms with Crippen LogP contribution in [-0.4, -0.2) is 22.1 Å². The summed E-state index contributed by atoms with van der Waals surface area (Å²) >= 11 is 0. The van der Waals surface area contributed by atoms with Gasteiger partial charge < -0.3 is 15.0 Å². The van der Waals surface area contributed by atoms with Crippen molar-refractivity contribution in [2.24, 2.45) is 0 Å². The molecular weight excluding hydrogens is 343 g/mol. The number of rotatable bonds is 7. The first-order valence-electron chi connectivity index (χ1n) is 8.75. The molecule has 0 saturated heterocycles. The van der Waals surface area contributed by atoms with Gasteiger partial charge in [0.2, 0.25) is 5.88 Å². The highest BCUT2D eigenvalue weighted by Gasteiger charge is 2.06. The molecule has 5 nitrogen and oxygen atoms in total. The third-order valence-electron chi connectivity index (χ3n) is 4.22. The van der Waals surface area contributed by atoms with Crippen LogP contribution in [0.4, 0.5) is 4.39 Å². The maximum atomic E-state index is 13.3. The second kappa shape index (κ2) is 8.49. The smallest absolute Gasteiger partial charge is 0.218 e. The third kappa shape index (κ3) is 4.73. The van der Waals surface area contributed by atoms with Crippen molar-refractivity contribution in [1.82, 2.24) is 20.3 Å². The first kappa shape index (κ1) is 18.6. The van der Waals surface area contributed by atoms with Gasteiger partial charge in [-0.05, 0) is 49.6 Å². The normalized spacial score (nSPS) is 12.1. The second-order valence-electron chi connectivity index (χ2n) is 6.38. The first-order valence-corrected chi connectivity index (χ1v) is 8.75. The molecular formula is C21H23FN4O. The molecule has 3 aromatic rings. The fraction of sp³-hybridized carbons (Fsp3) is 0.238. The molecule has 0 amide bonds. The highest BCUT2D eigenvalue weighted by Crippen LogP contribution is 2.18. The zero-order chi connectivity index (χ0) is 19.2. The van der Waals surface area contributed by atoms with E-state index in [0.29, 0.717) is 18.0 Å². The number of hydrogen-bond acceptors (Lipinski definition) is 4. The van der Waals surface area contributed by atoms with Crippen LogP contribution in [0.1, 0.15) is 23.6 Å². The number of H-pyrrole nitrogens is 1. The Balaban J connectivity index is 1.58. The molecule has 0 unspecified atom stereocenters. The van der Waals surface area contributed by atoms with Crippen LogP contribution in [0.3, 0.4) is 0 Å². The third-order valence-corrected chi connectivity index (χ3v) is 4.22. The average molecular weight is 366 g/mol. The van der Waals surface area contributed by atoms with Crippen molar-refractivity contribution in [3.63, 3.8) is 0 Å². The molecule has 0 saturated carbocycles. The summed E-state index contributed by atoms with van der Waals surface area (Å²) in [4.78, 5) is 11.5. The van der Waals surface area contributed by atoms with E-state index in [4.69, 9.17) is 4.74 Å². The largest absolute Gasteiger partial charge is 0.481 e. The number of pyridine rings is 2. The van der Waals surface area contributed by atoms with Gasteiger partial charge in [0.1, 0.15) is 11.5 Å². The van der Waals surface area contributed by atoms with Crippen molar-refractivity contribution in [2.45, 2.75) is 26.8 Å². The van der Waals surface area contributed by atoms with Gasteiger partial charge in [0, 0.05) is 35.6 Å². The summed E-state index contributed by atoms with van der Waals surface area (Å²) in [5.74, 6) is 0.0491. The highest BCUT2D eigenvalue weighted by atomic mass is 19.1. The molecule has 0 aliphatic rings. The van der Waals surface area contributed by atoms with Crippen LogP contribution in [0.25, 0.3) is 11.0 Å². The SMILES string of the molecule is COc1ncc(F)cc1CN/C(C)=C/C=C/Cc1c[nH]c2ncc(C)cc12. The molecule has 0 bridgehead atoms. The number of nitrogens with one attached hydrogen (secondary N) is 2. The maximum Gasteiger partial charge on any atom is 0.218 e. The van der Waals surface area contributed by atoms with E-state index < -0.39 is 0 Å². The molecule has 0 spiro atoms. The van der Waals surface area contributed by atoms with E-state index in [1.165, 1.54) is 18.7 Å². The Morgan fingerprint density at radius 1 is 1.26 bits per heavy atom. The summed E-state index contributed by atoms with van der Waals surface area (Å²) in [6.07, 6.45) is 11.9. The number of methoxy groups -OCH3 is 1. The van der Waals surface area contributed by atoms with Crippen LogP contribution < -0.4 is 10.1 Å². The molecule has 2 N–H and O–H groups in total. The average Bonchev–Trinajstić information content (AvgIpc) is 3.05. The number of ether oxygens (including phenoxy) is 1. The lowest BCUT2D eigenvalue weighted by atomic mass is 10.1. The monoisotopic (exact) mass is 366 g/mol. The van der Waals surface area contributed by atoms with Crippen LogP contribution in [0.2, 0.25) is 0 Å². The lowest BCUT2D eigenvalue weighted by Gasteiger charge is -2.09. The minimum absolute atomic E-state index is 0.377. The van der Waals surface area contributed by atoms with Gasteiger partial charge in [0.15, 0.2) is 0 Å². The van der Waals surface area contributed by atoms with Gasteiger partial charge in [-0.2, -0.15) is 0 Å². The van der Waals surface area contributed by atoms with Gasteiger partial charge in [0.25, 0.3) is 0 Å². The van der Waals surface area contributed by atoms with Crippen molar-refractivity contribution in [3.05, 3.63) is 77.2 Å². The molecule has 3 rings (SSSR count). The van der Waals surface area contributed by atoms with Gasteiger partial charge >= 0.3 is 0 Å². The fourth-order valence-electron chi connectivity index (χ4n) is 2.81. The van der Waals surface area contributed by atoms with Crippen molar-refractivity contribution in [2.75, 3.05) is 7.11 Å². The number of hydrogen-bond donors (Lipinski definition) is 2. The summed E-state index contributed by atoms with van der Waals surface area (Å²) in [5, 5.41) is 4.40. The number of fused-ring (bicyclic) bond motifs is 1. The minimum atomic E-state index is -0.377. The summed E-state index contributed by atoms with van der Waals surface area (Å²) in [6.45, 7) is 4.44. The van der Waals surface area contributed by atoms with Crippen molar-refractivity contribution >= 4 is 11.0 Å². The van der Waals surface area contributed by atoms with E-state index in [-0.39, 0.29) is 5.82 Å². The Bertz CT molecular complexity index is 991. The summed E-state index contributed by atoms with van der Waals surface area (Å²) in [5.41, 5.74) is 4.92. The van der Waals surface area contributed by atoms with E-state index >= 15 is 0 Å². The predicted molar refractivity (Wildman–Crippen MR) is 105 cm³/mol. The lowest BCUT2D eigenvalue weighted by Crippen LogP contribution is -2.12. The molecule has 27 heavy (non-hydrogen) atoms. The van der Waals surface area contributed by atoms with E-state index in [0.717, 1.165) is 34.9 Å². The number of halogens is 1.